The van der Waals surface area contributed by atoms with E-state index in [0.717, 1.165) is 5.56 Å². The van der Waals surface area contributed by atoms with Gasteiger partial charge in [-0.25, -0.2) is 9.99 Å². The fourth-order valence-electron chi connectivity index (χ4n) is 1.72. The van der Waals surface area contributed by atoms with Crippen LogP contribution in [0.4, 0.5) is 0 Å². The van der Waals surface area contributed by atoms with Crippen molar-refractivity contribution >= 4 is 22.2 Å². The summed E-state index contributed by atoms with van der Waals surface area (Å²) in [4.78, 5) is 11.4. The Morgan fingerprint density at radius 2 is 1.88 bits per heavy atom. The highest BCUT2D eigenvalue weighted by Crippen LogP contribution is 2.08. The number of hydrogen-bond donors (Lipinski definition) is 2. The van der Waals surface area contributed by atoms with E-state index in [4.69, 9.17) is 4.55 Å². The standard InChI is InChI=1S/C11H13N3O.C7H8O3S/c1-3-4-7-12-13-11(15)10-6-5-8-14(2)9-10;1-6-2-4-7(5-3-6)11(8,9)10/h3-9H,1-2H3;2-5H,1H3,(H,8,9,10)/p+1/b4-3+,12-7+;. The molecule has 1 heterocycles. The van der Waals surface area contributed by atoms with Gasteiger partial charge in [0.15, 0.2) is 12.4 Å². The molecule has 0 bridgehead atoms. The first-order valence-electron chi connectivity index (χ1n) is 7.68. The van der Waals surface area contributed by atoms with E-state index in [1.54, 1.807) is 30.5 Å². The fourth-order valence-corrected chi connectivity index (χ4v) is 2.20. The number of carbonyl (C=O) groups excluding carboxylic acids is 1. The normalized spacial score (nSPS) is 11.2. The Morgan fingerprint density at radius 1 is 1.23 bits per heavy atom. The van der Waals surface area contributed by atoms with Gasteiger partial charge in [-0.15, -0.1) is 0 Å². The van der Waals surface area contributed by atoms with Crippen molar-refractivity contribution in [2.45, 2.75) is 18.7 Å². The molecule has 0 saturated carbocycles. The summed E-state index contributed by atoms with van der Waals surface area (Å²) in [6.07, 6.45) is 8.70. The molecule has 0 aliphatic carbocycles. The molecule has 8 heteroatoms. The monoisotopic (exact) mass is 376 g/mol. The minimum atomic E-state index is -4.02. The maximum absolute atomic E-state index is 11.5. The number of allylic oxidation sites excluding steroid dienone is 2. The molecule has 0 aliphatic rings. The van der Waals surface area contributed by atoms with E-state index in [1.807, 2.05) is 43.8 Å². The Morgan fingerprint density at radius 3 is 2.42 bits per heavy atom. The van der Waals surface area contributed by atoms with E-state index in [0.29, 0.717) is 5.56 Å². The maximum Gasteiger partial charge on any atom is 0.294 e. The van der Waals surface area contributed by atoms with Crippen molar-refractivity contribution in [3.63, 3.8) is 0 Å². The quantitative estimate of drug-likeness (QED) is 0.369. The predicted octanol–water partition coefficient (Wildman–Crippen LogP) is 2.04. The molecule has 2 rings (SSSR count). The molecule has 2 N–H and O–H groups in total. The first-order chi connectivity index (χ1) is 12.2. The molecule has 0 fully saturated rings. The minimum Gasteiger partial charge on any atom is -0.282 e. The third-order valence-electron chi connectivity index (χ3n) is 3.04. The molecule has 1 aromatic carbocycles. The summed E-state index contributed by atoms with van der Waals surface area (Å²) in [6.45, 7) is 3.72. The van der Waals surface area contributed by atoms with E-state index in [-0.39, 0.29) is 10.8 Å². The third-order valence-corrected chi connectivity index (χ3v) is 3.91. The van der Waals surface area contributed by atoms with Crippen molar-refractivity contribution < 1.29 is 22.3 Å². The van der Waals surface area contributed by atoms with Gasteiger partial charge in [0.1, 0.15) is 12.6 Å². The van der Waals surface area contributed by atoms with Crippen molar-refractivity contribution in [3.8, 4) is 0 Å². The fraction of sp³-hybridized carbons (Fsp3) is 0.167. The van der Waals surface area contributed by atoms with Crippen LogP contribution in [-0.2, 0) is 17.2 Å². The number of amides is 1. The lowest BCUT2D eigenvalue weighted by Crippen LogP contribution is -2.29. The van der Waals surface area contributed by atoms with E-state index in [2.05, 4.69) is 10.5 Å². The number of aryl methyl sites for hydroxylation is 2. The van der Waals surface area contributed by atoms with Crippen molar-refractivity contribution in [2.24, 2.45) is 12.1 Å². The topological polar surface area (TPSA) is 99.7 Å². The van der Waals surface area contributed by atoms with Crippen LogP contribution in [0.15, 0.2) is 70.9 Å². The van der Waals surface area contributed by atoms with Gasteiger partial charge in [0, 0.05) is 12.3 Å². The van der Waals surface area contributed by atoms with Gasteiger partial charge in [0.2, 0.25) is 0 Å². The van der Waals surface area contributed by atoms with Crippen LogP contribution in [0.1, 0.15) is 22.8 Å². The van der Waals surface area contributed by atoms with E-state index < -0.39 is 10.1 Å². The smallest absolute Gasteiger partial charge is 0.282 e. The highest BCUT2D eigenvalue weighted by Gasteiger charge is 2.07. The largest absolute Gasteiger partial charge is 0.294 e. The zero-order chi connectivity index (χ0) is 19.6. The first-order valence-corrected chi connectivity index (χ1v) is 9.12. The second-order valence-electron chi connectivity index (χ2n) is 5.29. The SMILES string of the molecule is C/C=C/C=N/NC(=O)c1ccc[n+](C)c1.Cc1ccc(S(=O)(=O)O)cc1. The molecule has 0 saturated heterocycles. The third kappa shape index (κ3) is 7.82. The average Bonchev–Trinajstić information content (AvgIpc) is 2.59. The molecule has 0 aliphatic heterocycles. The van der Waals surface area contributed by atoms with Crippen LogP contribution >= 0.6 is 0 Å². The van der Waals surface area contributed by atoms with Crippen LogP contribution in [0, 0.1) is 6.92 Å². The van der Waals surface area contributed by atoms with Crippen molar-refractivity contribution in [2.75, 3.05) is 0 Å². The van der Waals surface area contributed by atoms with Gasteiger partial charge in [-0.3, -0.25) is 9.35 Å². The lowest BCUT2D eigenvalue weighted by atomic mass is 10.2. The molecule has 0 atom stereocenters. The second-order valence-corrected chi connectivity index (χ2v) is 6.71. The Balaban J connectivity index is 0.000000273. The number of pyridine rings is 1. The van der Waals surface area contributed by atoms with Gasteiger partial charge in [-0.05, 0) is 38.1 Å². The zero-order valence-corrected chi connectivity index (χ0v) is 15.6. The molecule has 1 aromatic heterocycles. The molecule has 0 spiro atoms. The number of nitrogens with zero attached hydrogens (tertiary/aromatic N) is 2. The van der Waals surface area contributed by atoms with Crippen LogP contribution in [0.3, 0.4) is 0 Å². The summed E-state index contributed by atoms with van der Waals surface area (Å²) in [5.74, 6) is -0.216. The van der Waals surface area contributed by atoms with Gasteiger partial charge >= 0.3 is 0 Å². The number of benzene rings is 1. The average molecular weight is 376 g/mol. The van der Waals surface area contributed by atoms with Gasteiger partial charge in [0.05, 0.1) is 4.90 Å². The summed E-state index contributed by atoms with van der Waals surface area (Å²) in [5, 5.41) is 3.75. The predicted molar refractivity (Wildman–Crippen MR) is 99.4 cm³/mol. The summed E-state index contributed by atoms with van der Waals surface area (Å²) >= 11 is 0. The van der Waals surface area contributed by atoms with Crippen molar-refractivity contribution in [1.29, 1.82) is 0 Å². The molecule has 2 aromatic rings. The van der Waals surface area contributed by atoms with Gasteiger partial charge in [-0.1, -0.05) is 23.8 Å². The minimum absolute atomic E-state index is 0.0666. The van der Waals surface area contributed by atoms with Crippen molar-refractivity contribution in [1.82, 2.24) is 5.43 Å². The van der Waals surface area contributed by atoms with Crippen LogP contribution in [-0.4, -0.2) is 25.1 Å². The number of hydrazone groups is 1. The van der Waals surface area contributed by atoms with Gasteiger partial charge < -0.3 is 0 Å². The van der Waals surface area contributed by atoms with Crippen LogP contribution in [0.2, 0.25) is 0 Å². The van der Waals surface area contributed by atoms with Gasteiger partial charge in [-0.2, -0.15) is 13.5 Å². The molecule has 26 heavy (non-hydrogen) atoms. The molecule has 7 nitrogen and oxygen atoms in total. The second kappa shape index (κ2) is 10.2. The highest BCUT2D eigenvalue weighted by atomic mass is 32.2. The summed E-state index contributed by atoms with van der Waals surface area (Å²) in [7, 11) is -2.16. The van der Waals surface area contributed by atoms with E-state index in [1.165, 1.54) is 18.3 Å². The Kier molecular flexibility index (Phi) is 8.33. The van der Waals surface area contributed by atoms with Gasteiger partial charge in [0.25, 0.3) is 16.0 Å². The maximum atomic E-state index is 11.5. The number of hydrogen-bond acceptors (Lipinski definition) is 4. The first kappa shape index (κ1) is 21.2. The Labute approximate surface area is 153 Å². The molecular formula is C18H22N3O4S+. The van der Waals surface area contributed by atoms with Crippen LogP contribution < -0.4 is 9.99 Å². The molecule has 0 radical (unpaired) electrons. The lowest BCUT2D eigenvalue weighted by Gasteiger charge is -1.96. The number of rotatable bonds is 4. The Hall–Kier alpha value is -2.84. The molecular weight excluding hydrogens is 354 g/mol. The molecule has 0 unspecified atom stereocenters. The summed E-state index contributed by atoms with van der Waals surface area (Å²) < 4.78 is 31.4. The number of nitrogens with one attached hydrogen (secondary N) is 1. The van der Waals surface area contributed by atoms with Crippen LogP contribution in [0.5, 0.6) is 0 Å². The number of carbonyl (C=O) groups is 1. The Bertz CT molecular complexity index is 889. The lowest BCUT2D eigenvalue weighted by molar-refractivity contribution is -0.671. The molecule has 138 valence electrons. The molecule has 1 amide bonds. The highest BCUT2D eigenvalue weighted by molar-refractivity contribution is 7.85. The van der Waals surface area contributed by atoms with E-state index >= 15 is 0 Å². The summed E-state index contributed by atoms with van der Waals surface area (Å²) in [5.41, 5.74) is 3.96. The van der Waals surface area contributed by atoms with Crippen molar-refractivity contribution in [3.05, 3.63) is 72.1 Å². The van der Waals surface area contributed by atoms with Crippen LogP contribution in [0.25, 0.3) is 0 Å². The zero-order valence-electron chi connectivity index (χ0n) is 14.8. The van der Waals surface area contributed by atoms with E-state index in [9.17, 15) is 13.2 Å². The summed E-state index contributed by atoms with van der Waals surface area (Å²) in [6, 6.07) is 9.53. The number of aromatic nitrogens is 1.